The van der Waals surface area contributed by atoms with Gasteiger partial charge in [0.25, 0.3) is 0 Å². The van der Waals surface area contributed by atoms with Gasteiger partial charge in [0.1, 0.15) is 0 Å². The van der Waals surface area contributed by atoms with E-state index >= 15 is 0 Å². The molecule has 0 bridgehead atoms. The lowest BCUT2D eigenvalue weighted by molar-refractivity contribution is 0.0460. The quantitative estimate of drug-likeness (QED) is 0.577. The minimum Gasteiger partial charge on any atom is -0.408 e. The Hall–Kier alpha value is -0.943. The minimum absolute atomic E-state index is 0.0754. The van der Waals surface area contributed by atoms with Gasteiger partial charge in [-0.25, -0.2) is 0 Å². The van der Waals surface area contributed by atoms with Crippen LogP contribution in [0.25, 0.3) is 0 Å². The lowest BCUT2D eigenvalue weighted by Gasteiger charge is -2.39. The molecule has 0 saturated carbocycles. The summed E-state index contributed by atoms with van der Waals surface area (Å²) < 4.78 is 12.1. The Morgan fingerprint density at radius 1 is 1.23 bits per heavy atom. The predicted octanol–water partition coefficient (Wildman–Crippen LogP) is 4.14. The molecular formula is C18H30O3Si. The second-order valence-corrected chi connectivity index (χ2v) is 11.9. The Kier molecular flexibility index (Phi) is 7.00. The molecule has 0 aliphatic carbocycles. The van der Waals surface area contributed by atoms with Crippen molar-refractivity contribution in [2.45, 2.75) is 51.6 Å². The molecule has 0 radical (unpaired) electrons. The molecule has 124 valence electrons. The summed E-state index contributed by atoms with van der Waals surface area (Å²) in [6.07, 6.45) is -0.255. The predicted molar refractivity (Wildman–Crippen MR) is 94.4 cm³/mol. The number of rotatable bonds is 8. The van der Waals surface area contributed by atoms with Gasteiger partial charge in [0, 0.05) is 0 Å². The molecule has 1 N–H and O–H groups in total. The van der Waals surface area contributed by atoms with Crippen molar-refractivity contribution in [2.24, 2.45) is 0 Å². The molecule has 0 saturated heterocycles. The number of hydrogen-bond acceptors (Lipinski definition) is 3. The third-order valence-electron chi connectivity index (χ3n) is 4.28. The monoisotopic (exact) mass is 322 g/mol. The normalized spacial score (nSPS) is 13.9. The zero-order chi connectivity index (χ0) is 16.8. The summed E-state index contributed by atoms with van der Waals surface area (Å²) in [7, 11) is -1.93. The van der Waals surface area contributed by atoms with Gasteiger partial charge < -0.3 is 14.3 Å². The van der Waals surface area contributed by atoms with E-state index in [0.29, 0.717) is 18.8 Å². The SMILES string of the molecule is C=C(CO)C(COCc1ccccc1)O[Si](C)(C)C(C)(C)C. The van der Waals surface area contributed by atoms with E-state index in [0.717, 1.165) is 5.56 Å². The van der Waals surface area contributed by atoms with E-state index < -0.39 is 8.32 Å². The maximum absolute atomic E-state index is 9.40. The van der Waals surface area contributed by atoms with E-state index in [9.17, 15) is 5.11 Å². The fraction of sp³-hybridized carbons (Fsp3) is 0.556. The van der Waals surface area contributed by atoms with Crippen molar-refractivity contribution in [3.8, 4) is 0 Å². The molecule has 0 aliphatic heterocycles. The van der Waals surface area contributed by atoms with Gasteiger partial charge in [-0.3, -0.25) is 0 Å². The summed E-state index contributed by atoms with van der Waals surface area (Å²) in [6.45, 7) is 15.8. The van der Waals surface area contributed by atoms with Gasteiger partial charge in [-0.15, -0.1) is 0 Å². The lowest BCUT2D eigenvalue weighted by atomic mass is 10.2. The first-order valence-electron chi connectivity index (χ1n) is 7.75. The van der Waals surface area contributed by atoms with Crippen LogP contribution >= 0.6 is 0 Å². The van der Waals surface area contributed by atoms with Gasteiger partial charge in [0.05, 0.1) is 25.9 Å². The van der Waals surface area contributed by atoms with Crippen molar-refractivity contribution in [2.75, 3.05) is 13.2 Å². The molecule has 0 aliphatic rings. The van der Waals surface area contributed by atoms with Crippen LogP contribution in [0, 0.1) is 0 Å². The molecule has 0 fully saturated rings. The molecule has 4 heteroatoms. The molecule has 3 nitrogen and oxygen atoms in total. The zero-order valence-electron chi connectivity index (χ0n) is 14.6. The summed E-state index contributed by atoms with van der Waals surface area (Å²) in [5.41, 5.74) is 1.81. The molecule has 0 aromatic heterocycles. The summed E-state index contributed by atoms with van der Waals surface area (Å²) >= 11 is 0. The highest BCUT2D eigenvalue weighted by Gasteiger charge is 2.39. The Labute approximate surface area is 136 Å². The highest BCUT2D eigenvalue weighted by atomic mass is 28.4. The first-order chi connectivity index (χ1) is 10.2. The van der Waals surface area contributed by atoms with Gasteiger partial charge in [0.2, 0.25) is 0 Å². The summed E-state index contributed by atoms with van der Waals surface area (Å²) in [5, 5.41) is 9.51. The number of hydrogen-bond donors (Lipinski definition) is 1. The minimum atomic E-state index is -1.93. The van der Waals surface area contributed by atoms with Crippen molar-refractivity contribution in [1.29, 1.82) is 0 Å². The number of ether oxygens (including phenoxy) is 1. The van der Waals surface area contributed by atoms with Crippen molar-refractivity contribution < 1.29 is 14.3 Å². The average Bonchev–Trinajstić information content (AvgIpc) is 2.45. The number of aliphatic hydroxyl groups is 1. The largest absolute Gasteiger partial charge is 0.408 e. The second kappa shape index (κ2) is 8.06. The molecule has 22 heavy (non-hydrogen) atoms. The number of benzene rings is 1. The van der Waals surface area contributed by atoms with Crippen LogP contribution in [0.1, 0.15) is 26.3 Å². The highest BCUT2D eigenvalue weighted by Crippen LogP contribution is 2.37. The van der Waals surface area contributed by atoms with E-state index in [1.54, 1.807) is 0 Å². The summed E-state index contributed by atoms with van der Waals surface area (Å²) in [5.74, 6) is 0. The van der Waals surface area contributed by atoms with E-state index in [1.165, 1.54) is 0 Å². The maximum Gasteiger partial charge on any atom is 0.193 e. The Balaban J connectivity index is 2.64. The molecule has 0 heterocycles. The third-order valence-corrected chi connectivity index (χ3v) is 8.77. The van der Waals surface area contributed by atoms with Crippen LogP contribution in [0.4, 0.5) is 0 Å². The van der Waals surface area contributed by atoms with E-state index in [4.69, 9.17) is 9.16 Å². The highest BCUT2D eigenvalue weighted by molar-refractivity contribution is 6.74. The first kappa shape index (κ1) is 19.1. The molecule has 1 aromatic rings. The van der Waals surface area contributed by atoms with Gasteiger partial charge in [-0.1, -0.05) is 57.7 Å². The van der Waals surface area contributed by atoms with Crippen LogP contribution in [-0.2, 0) is 15.8 Å². The Bertz CT molecular complexity index is 463. The van der Waals surface area contributed by atoms with Gasteiger partial charge in [-0.2, -0.15) is 0 Å². The Morgan fingerprint density at radius 2 is 1.82 bits per heavy atom. The molecular weight excluding hydrogens is 292 g/mol. The fourth-order valence-corrected chi connectivity index (χ4v) is 3.03. The zero-order valence-corrected chi connectivity index (χ0v) is 15.6. The molecule has 1 aromatic carbocycles. The molecule has 0 amide bonds. The molecule has 1 atom stereocenters. The van der Waals surface area contributed by atoms with Gasteiger partial charge in [-0.05, 0) is 29.3 Å². The van der Waals surface area contributed by atoms with E-state index in [-0.39, 0.29) is 17.7 Å². The second-order valence-electron chi connectivity index (χ2n) is 7.18. The van der Waals surface area contributed by atoms with Crippen molar-refractivity contribution in [3.63, 3.8) is 0 Å². The first-order valence-corrected chi connectivity index (χ1v) is 10.7. The van der Waals surface area contributed by atoms with Crippen LogP contribution in [0.5, 0.6) is 0 Å². The summed E-state index contributed by atoms with van der Waals surface area (Å²) in [6, 6.07) is 10.0. The van der Waals surface area contributed by atoms with Crippen LogP contribution in [0.3, 0.4) is 0 Å². The van der Waals surface area contributed by atoms with E-state index in [2.05, 4.69) is 40.4 Å². The summed E-state index contributed by atoms with van der Waals surface area (Å²) in [4.78, 5) is 0. The third kappa shape index (κ3) is 5.69. The maximum atomic E-state index is 9.40. The Morgan fingerprint density at radius 3 is 2.32 bits per heavy atom. The van der Waals surface area contributed by atoms with Crippen molar-refractivity contribution >= 4 is 8.32 Å². The van der Waals surface area contributed by atoms with E-state index in [1.807, 2.05) is 30.3 Å². The fourth-order valence-electron chi connectivity index (χ4n) is 1.73. The van der Waals surface area contributed by atoms with Crippen LogP contribution in [-0.4, -0.2) is 32.7 Å². The van der Waals surface area contributed by atoms with Crippen LogP contribution in [0.2, 0.25) is 18.1 Å². The average molecular weight is 323 g/mol. The van der Waals surface area contributed by atoms with Crippen molar-refractivity contribution in [1.82, 2.24) is 0 Å². The van der Waals surface area contributed by atoms with Gasteiger partial charge in [0.15, 0.2) is 8.32 Å². The molecule has 1 unspecified atom stereocenters. The van der Waals surface area contributed by atoms with Crippen molar-refractivity contribution in [3.05, 3.63) is 48.0 Å². The topological polar surface area (TPSA) is 38.7 Å². The van der Waals surface area contributed by atoms with Crippen LogP contribution < -0.4 is 0 Å². The molecule has 1 rings (SSSR count). The number of aliphatic hydroxyl groups excluding tert-OH is 1. The van der Waals surface area contributed by atoms with Crippen LogP contribution in [0.15, 0.2) is 42.5 Å². The smallest absolute Gasteiger partial charge is 0.193 e. The molecule has 0 spiro atoms. The lowest BCUT2D eigenvalue weighted by Crippen LogP contribution is -2.45. The van der Waals surface area contributed by atoms with Gasteiger partial charge >= 0.3 is 0 Å². The standard InChI is InChI=1S/C18H30O3Si/c1-15(12-19)17(21-22(5,6)18(2,3)4)14-20-13-16-10-8-7-9-11-16/h7-11,17,19H,1,12-14H2,2-6H3.